The van der Waals surface area contributed by atoms with Crippen molar-refractivity contribution in [3.8, 4) is 5.75 Å². The molecule has 2 nitrogen and oxygen atoms in total. The predicted molar refractivity (Wildman–Crippen MR) is 87.1 cm³/mol. The second kappa shape index (κ2) is 7.48. The van der Waals surface area contributed by atoms with Crippen LogP contribution in [0.1, 0.15) is 44.3 Å². The lowest BCUT2D eigenvalue weighted by molar-refractivity contribution is -0.0290. The number of hydrogen-bond donors (Lipinski definition) is 0. The van der Waals surface area contributed by atoms with Crippen molar-refractivity contribution in [2.75, 3.05) is 11.5 Å². The Bertz CT molecular complexity index is 394. The fourth-order valence-corrected chi connectivity index (χ4v) is 3.54. The maximum Gasteiger partial charge on any atom is 0.124 e. The van der Waals surface area contributed by atoms with E-state index < -0.39 is 0 Å². The summed E-state index contributed by atoms with van der Waals surface area (Å²) in [4.78, 5) is 0. The van der Waals surface area contributed by atoms with Gasteiger partial charge in [0.1, 0.15) is 5.75 Å². The maximum absolute atomic E-state index is 6.35. The molecule has 1 aromatic rings. The van der Waals surface area contributed by atoms with Crippen molar-refractivity contribution in [1.29, 1.82) is 0 Å². The average molecular weight is 374 g/mol. The van der Waals surface area contributed by atoms with Gasteiger partial charge in [-0.25, -0.2) is 0 Å². The van der Waals surface area contributed by atoms with Crippen molar-refractivity contribution >= 4 is 22.6 Å². The Morgan fingerprint density at radius 3 is 2.79 bits per heavy atom. The number of halogens is 1. The second-order valence-corrected chi connectivity index (χ2v) is 6.30. The van der Waals surface area contributed by atoms with Crippen molar-refractivity contribution in [3.05, 3.63) is 29.8 Å². The van der Waals surface area contributed by atoms with E-state index in [0.717, 1.165) is 16.1 Å². The fourth-order valence-electron chi connectivity index (χ4n) is 2.86. The van der Waals surface area contributed by atoms with E-state index in [9.17, 15) is 0 Å². The molecular weight excluding hydrogens is 351 g/mol. The van der Waals surface area contributed by atoms with Gasteiger partial charge in [0.15, 0.2) is 0 Å². The zero-order valence-corrected chi connectivity index (χ0v) is 13.9. The Hall–Kier alpha value is -0.290. The molecule has 3 heteroatoms. The highest BCUT2D eigenvalue weighted by Crippen LogP contribution is 2.34. The monoisotopic (exact) mass is 374 g/mol. The summed E-state index contributed by atoms with van der Waals surface area (Å²) in [5.74, 6) is 1.74. The number of hydrogen-bond acceptors (Lipinski definition) is 2. The Labute approximate surface area is 130 Å². The van der Waals surface area contributed by atoms with Gasteiger partial charge in [-0.3, -0.25) is 0 Å². The minimum atomic E-state index is 0.145. The van der Waals surface area contributed by atoms with Crippen LogP contribution in [0.2, 0.25) is 0 Å². The summed E-state index contributed by atoms with van der Waals surface area (Å²) in [6.45, 7) is 2.33. The van der Waals surface area contributed by atoms with Crippen molar-refractivity contribution in [1.82, 2.24) is 0 Å². The van der Waals surface area contributed by atoms with Crippen molar-refractivity contribution in [2.24, 2.45) is 5.92 Å². The third kappa shape index (κ3) is 4.09. The van der Waals surface area contributed by atoms with Gasteiger partial charge in [-0.15, -0.1) is 0 Å². The molecule has 3 unspecified atom stereocenters. The molecule has 2 rings (SSSR count). The van der Waals surface area contributed by atoms with Crippen LogP contribution in [0.25, 0.3) is 0 Å². The van der Waals surface area contributed by atoms with Crippen LogP contribution in [0, 0.1) is 5.92 Å². The van der Waals surface area contributed by atoms with Gasteiger partial charge in [-0.1, -0.05) is 60.6 Å². The highest BCUT2D eigenvalue weighted by molar-refractivity contribution is 14.1. The molecule has 0 N–H and O–H groups in total. The van der Waals surface area contributed by atoms with E-state index in [0.29, 0.717) is 6.10 Å². The third-order valence-electron chi connectivity index (χ3n) is 3.87. The SMILES string of the molecule is COc1ccccc1C(CI)OC1CCCC(C)C1. The zero-order chi connectivity index (χ0) is 13.7. The smallest absolute Gasteiger partial charge is 0.124 e. The molecule has 1 aliphatic carbocycles. The van der Waals surface area contributed by atoms with E-state index in [1.165, 1.54) is 31.2 Å². The molecule has 0 spiro atoms. The van der Waals surface area contributed by atoms with Crippen LogP contribution in [0.3, 0.4) is 0 Å². The second-order valence-electron chi connectivity index (χ2n) is 5.41. The van der Waals surface area contributed by atoms with Crippen LogP contribution < -0.4 is 4.74 Å². The van der Waals surface area contributed by atoms with Crippen molar-refractivity contribution in [2.45, 2.75) is 44.8 Å². The molecular formula is C16H23IO2. The lowest BCUT2D eigenvalue weighted by Gasteiger charge is -2.30. The zero-order valence-electron chi connectivity index (χ0n) is 11.8. The van der Waals surface area contributed by atoms with Gasteiger partial charge in [0.2, 0.25) is 0 Å². The van der Waals surface area contributed by atoms with E-state index in [-0.39, 0.29) is 6.10 Å². The number of benzene rings is 1. The number of rotatable bonds is 5. The van der Waals surface area contributed by atoms with Gasteiger partial charge in [-0.05, 0) is 24.8 Å². The van der Waals surface area contributed by atoms with Gasteiger partial charge in [-0.2, -0.15) is 0 Å². The number of para-hydroxylation sites is 1. The third-order valence-corrected chi connectivity index (χ3v) is 4.67. The summed E-state index contributed by atoms with van der Waals surface area (Å²) in [6, 6.07) is 8.20. The van der Waals surface area contributed by atoms with E-state index >= 15 is 0 Å². The summed E-state index contributed by atoms with van der Waals surface area (Å²) in [5, 5.41) is 0. The molecule has 0 aliphatic heterocycles. The van der Waals surface area contributed by atoms with Crippen LogP contribution >= 0.6 is 22.6 Å². The van der Waals surface area contributed by atoms with E-state index in [4.69, 9.17) is 9.47 Å². The first kappa shape index (κ1) is 15.1. The highest BCUT2D eigenvalue weighted by atomic mass is 127. The maximum atomic E-state index is 6.35. The fraction of sp³-hybridized carbons (Fsp3) is 0.625. The molecule has 106 valence electrons. The molecule has 1 aliphatic rings. The molecule has 3 atom stereocenters. The Kier molecular flexibility index (Phi) is 5.95. The molecule has 0 radical (unpaired) electrons. The lowest BCUT2D eigenvalue weighted by Crippen LogP contribution is -2.24. The van der Waals surface area contributed by atoms with Crippen molar-refractivity contribution in [3.63, 3.8) is 0 Å². The van der Waals surface area contributed by atoms with Gasteiger partial charge < -0.3 is 9.47 Å². The first-order chi connectivity index (χ1) is 9.24. The Morgan fingerprint density at radius 1 is 1.32 bits per heavy atom. The Morgan fingerprint density at radius 2 is 2.11 bits per heavy atom. The summed E-state index contributed by atoms with van der Waals surface area (Å²) in [6.07, 6.45) is 5.60. The number of ether oxygens (including phenoxy) is 2. The van der Waals surface area contributed by atoms with E-state index in [1.807, 2.05) is 12.1 Å². The van der Waals surface area contributed by atoms with Crippen molar-refractivity contribution < 1.29 is 9.47 Å². The normalized spacial score (nSPS) is 25.0. The Balaban J connectivity index is 2.07. The van der Waals surface area contributed by atoms with Crippen LogP contribution in [-0.4, -0.2) is 17.6 Å². The molecule has 0 heterocycles. The van der Waals surface area contributed by atoms with Crippen LogP contribution in [0.4, 0.5) is 0 Å². The summed E-state index contributed by atoms with van der Waals surface area (Å²) < 4.78 is 12.8. The average Bonchev–Trinajstić information content (AvgIpc) is 2.45. The molecule has 1 aromatic carbocycles. The summed E-state index contributed by atoms with van der Waals surface area (Å²) in [5.41, 5.74) is 1.18. The quantitative estimate of drug-likeness (QED) is 0.546. The largest absolute Gasteiger partial charge is 0.496 e. The molecule has 1 fully saturated rings. The first-order valence-electron chi connectivity index (χ1n) is 7.09. The summed E-state index contributed by atoms with van der Waals surface area (Å²) in [7, 11) is 1.73. The number of methoxy groups -OCH3 is 1. The minimum absolute atomic E-state index is 0.145. The van der Waals surface area contributed by atoms with Crippen LogP contribution in [-0.2, 0) is 4.74 Å². The van der Waals surface area contributed by atoms with Crippen LogP contribution in [0.15, 0.2) is 24.3 Å². The first-order valence-corrected chi connectivity index (χ1v) is 8.61. The van der Waals surface area contributed by atoms with Gasteiger partial charge in [0.05, 0.1) is 19.3 Å². The van der Waals surface area contributed by atoms with Gasteiger partial charge >= 0.3 is 0 Å². The molecule has 19 heavy (non-hydrogen) atoms. The molecule has 0 amide bonds. The van der Waals surface area contributed by atoms with E-state index in [2.05, 4.69) is 41.6 Å². The number of alkyl halides is 1. The minimum Gasteiger partial charge on any atom is -0.496 e. The van der Waals surface area contributed by atoms with Crippen LogP contribution in [0.5, 0.6) is 5.75 Å². The molecule has 0 saturated heterocycles. The standard InChI is InChI=1S/C16H23IO2/c1-12-6-5-7-13(10-12)19-16(11-17)14-8-3-4-9-15(14)18-2/h3-4,8-9,12-13,16H,5-7,10-11H2,1-2H3. The van der Waals surface area contributed by atoms with Gasteiger partial charge in [0, 0.05) is 9.99 Å². The topological polar surface area (TPSA) is 18.5 Å². The highest BCUT2D eigenvalue weighted by Gasteiger charge is 2.24. The molecule has 0 bridgehead atoms. The predicted octanol–water partition coefficient (Wildman–Crippen LogP) is 4.77. The summed E-state index contributed by atoms with van der Waals surface area (Å²) >= 11 is 2.41. The molecule has 0 aromatic heterocycles. The van der Waals surface area contributed by atoms with E-state index in [1.54, 1.807) is 7.11 Å². The lowest BCUT2D eigenvalue weighted by atomic mass is 9.88. The van der Waals surface area contributed by atoms with Gasteiger partial charge in [0.25, 0.3) is 0 Å². The molecule has 1 saturated carbocycles.